The fourth-order valence-electron chi connectivity index (χ4n) is 5.46. The van der Waals surface area contributed by atoms with Gasteiger partial charge in [0.2, 0.25) is 0 Å². The number of hydrogen-bond donors (Lipinski definition) is 1. The van der Waals surface area contributed by atoms with Crippen LogP contribution in [0.5, 0.6) is 0 Å². The minimum absolute atomic E-state index is 0.0213. The zero-order chi connectivity index (χ0) is 25.8. The normalized spacial score (nSPS) is 17.4. The van der Waals surface area contributed by atoms with Crippen molar-refractivity contribution in [1.29, 1.82) is 0 Å². The molecule has 0 bridgehead atoms. The summed E-state index contributed by atoms with van der Waals surface area (Å²) in [5.74, 6) is 0.144. The second-order valence-corrected chi connectivity index (χ2v) is 10.5. The number of nitrogens with zero attached hydrogens (tertiary/aromatic N) is 5. The van der Waals surface area contributed by atoms with Gasteiger partial charge in [-0.3, -0.25) is 4.79 Å². The Kier molecular flexibility index (Phi) is 5.76. The second kappa shape index (κ2) is 8.56. The maximum atomic E-state index is 13.1. The number of alkyl halides is 3. The van der Waals surface area contributed by atoms with Crippen LogP contribution in [0.15, 0.2) is 42.9 Å². The number of aromatic nitrogens is 3. The summed E-state index contributed by atoms with van der Waals surface area (Å²) in [5, 5.41) is 6.89. The molecule has 1 aliphatic heterocycles. The van der Waals surface area contributed by atoms with Crippen LogP contribution in [-0.4, -0.2) is 61.6 Å². The first-order chi connectivity index (χ1) is 17.0. The van der Waals surface area contributed by atoms with Crippen molar-refractivity contribution in [3.05, 3.63) is 54.0 Å². The molecule has 1 aliphatic carbocycles. The van der Waals surface area contributed by atoms with Gasteiger partial charge in [-0.15, -0.1) is 0 Å². The number of urea groups is 1. The van der Waals surface area contributed by atoms with E-state index in [1.807, 2.05) is 36.6 Å². The molecule has 1 spiro atoms. The quantitative estimate of drug-likeness (QED) is 0.559. The molecular weight excluding hydrogens is 473 g/mol. The molecule has 2 fully saturated rings. The summed E-state index contributed by atoms with van der Waals surface area (Å²) in [6, 6.07) is 4.25. The Hall–Kier alpha value is -3.50. The Balaban J connectivity index is 1.21. The van der Waals surface area contributed by atoms with E-state index in [0.29, 0.717) is 25.2 Å². The number of likely N-dealkylation sites (tertiary alicyclic amines) is 1. The van der Waals surface area contributed by atoms with Gasteiger partial charge in [0.25, 0.3) is 5.91 Å². The van der Waals surface area contributed by atoms with E-state index in [9.17, 15) is 22.8 Å². The minimum atomic E-state index is -4.48. The molecule has 3 heterocycles. The Labute approximate surface area is 206 Å². The maximum Gasteiger partial charge on any atom is 0.416 e. The molecule has 2 aromatic heterocycles. The number of aryl methyl sites for hydroxylation is 1. The van der Waals surface area contributed by atoms with Crippen molar-refractivity contribution in [2.45, 2.75) is 38.9 Å². The first-order valence-corrected chi connectivity index (χ1v) is 12.0. The van der Waals surface area contributed by atoms with Crippen LogP contribution in [0, 0.1) is 11.3 Å². The fraction of sp³-hybridized carbons (Fsp3) is 0.480. The van der Waals surface area contributed by atoms with Gasteiger partial charge in [-0.25, -0.2) is 9.31 Å². The average molecular weight is 503 g/mol. The molecule has 1 N–H and O–H groups in total. The van der Waals surface area contributed by atoms with Gasteiger partial charge in [-0.1, -0.05) is 19.9 Å². The SMILES string of the molecule is CC(C)CN(C(=O)Nc1cccc(C(F)(F)F)c1)C1CC2(C1)CN(C(=O)c1cnn3ccn(C)c13)C2. The number of hydrogen-bond acceptors (Lipinski definition) is 3. The monoisotopic (exact) mass is 502 g/mol. The number of fused-ring (bicyclic) bond motifs is 1. The van der Waals surface area contributed by atoms with E-state index in [4.69, 9.17) is 0 Å². The van der Waals surface area contributed by atoms with Gasteiger partial charge in [-0.05, 0) is 37.0 Å². The third-order valence-corrected chi connectivity index (χ3v) is 7.15. The highest BCUT2D eigenvalue weighted by Gasteiger charge is 2.56. The molecule has 3 aromatic rings. The standard InChI is InChI=1S/C25H29F3N6O2/c1-16(2)13-33(23(36)30-18-6-4-5-17(9-18)25(26,27)28)19-10-24(11-19)14-32(15-24)22(35)20-12-29-34-8-7-31(3)21(20)34/h4-9,12,16,19H,10-11,13-15H2,1-3H3,(H,30,36). The largest absolute Gasteiger partial charge is 0.416 e. The zero-order valence-corrected chi connectivity index (χ0v) is 20.4. The molecule has 36 heavy (non-hydrogen) atoms. The molecule has 0 atom stereocenters. The number of amides is 3. The first-order valence-electron chi connectivity index (χ1n) is 12.0. The smallest absolute Gasteiger partial charge is 0.337 e. The van der Waals surface area contributed by atoms with Gasteiger partial charge in [0.1, 0.15) is 11.2 Å². The van der Waals surface area contributed by atoms with Crippen LogP contribution >= 0.6 is 0 Å². The second-order valence-electron chi connectivity index (χ2n) is 10.5. The number of anilines is 1. The molecule has 5 rings (SSSR count). The molecule has 1 saturated heterocycles. The zero-order valence-electron chi connectivity index (χ0n) is 20.4. The number of carbonyl (C=O) groups excluding carboxylic acids is 2. The summed E-state index contributed by atoms with van der Waals surface area (Å²) in [6.07, 6.45) is 2.28. The maximum absolute atomic E-state index is 13.1. The van der Waals surface area contributed by atoms with Gasteiger partial charge in [0.05, 0.1) is 11.8 Å². The average Bonchev–Trinajstić information content (AvgIpc) is 3.33. The molecule has 3 amide bonds. The van der Waals surface area contributed by atoms with Crippen molar-refractivity contribution in [2.75, 3.05) is 25.0 Å². The van der Waals surface area contributed by atoms with Crippen LogP contribution in [0.4, 0.5) is 23.7 Å². The van der Waals surface area contributed by atoms with Crippen LogP contribution in [-0.2, 0) is 13.2 Å². The third-order valence-electron chi connectivity index (χ3n) is 7.15. The Morgan fingerprint density at radius 1 is 1.22 bits per heavy atom. The Bertz CT molecular complexity index is 1300. The lowest BCUT2D eigenvalue weighted by Crippen LogP contribution is -2.68. The van der Waals surface area contributed by atoms with Crippen molar-refractivity contribution in [3.63, 3.8) is 0 Å². The van der Waals surface area contributed by atoms with Gasteiger partial charge in [0.15, 0.2) is 0 Å². The minimum Gasteiger partial charge on any atom is -0.337 e. The van der Waals surface area contributed by atoms with Crippen molar-refractivity contribution >= 4 is 23.3 Å². The summed E-state index contributed by atoms with van der Waals surface area (Å²) in [5.41, 5.74) is 0.610. The first kappa shape index (κ1) is 24.2. The molecule has 1 aromatic carbocycles. The topological polar surface area (TPSA) is 74.9 Å². The number of nitrogens with one attached hydrogen (secondary N) is 1. The van der Waals surface area contributed by atoms with Gasteiger partial charge >= 0.3 is 12.2 Å². The number of carbonyl (C=O) groups is 2. The van der Waals surface area contributed by atoms with E-state index < -0.39 is 17.8 Å². The van der Waals surface area contributed by atoms with E-state index >= 15 is 0 Å². The highest BCUT2D eigenvalue weighted by Crippen LogP contribution is 2.51. The molecule has 11 heteroatoms. The predicted molar refractivity (Wildman–Crippen MR) is 128 cm³/mol. The van der Waals surface area contributed by atoms with Crippen molar-refractivity contribution in [3.8, 4) is 0 Å². The highest BCUT2D eigenvalue weighted by atomic mass is 19.4. The molecule has 0 radical (unpaired) electrons. The van der Waals surface area contributed by atoms with Crippen LogP contribution < -0.4 is 5.32 Å². The highest BCUT2D eigenvalue weighted by molar-refractivity contribution is 6.00. The summed E-state index contributed by atoms with van der Waals surface area (Å²) >= 11 is 0. The summed E-state index contributed by atoms with van der Waals surface area (Å²) in [7, 11) is 1.87. The third kappa shape index (κ3) is 4.31. The molecular formula is C25H29F3N6O2. The molecule has 1 saturated carbocycles. The molecule has 0 unspecified atom stereocenters. The van der Waals surface area contributed by atoms with Crippen molar-refractivity contribution < 1.29 is 22.8 Å². The Morgan fingerprint density at radius 2 is 1.94 bits per heavy atom. The summed E-state index contributed by atoms with van der Waals surface area (Å²) in [6.45, 7) is 5.73. The number of benzene rings is 1. The van der Waals surface area contributed by atoms with Gasteiger partial charge in [0, 0.05) is 56.2 Å². The fourth-order valence-corrected chi connectivity index (χ4v) is 5.46. The molecule has 8 nitrogen and oxygen atoms in total. The summed E-state index contributed by atoms with van der Waals surface area (Å²) in [4.78, 5) is 29.7. The lowest BCUT2D eigenvalue weighted by atomic mass is 9.60. The van der Waals surface area contributed by atoms with Gasteiger partial charge in [-0.2, -0.15) is 18.3 Å². The van der Waals surface area contributed by atoms with Gasteiger partial charge < -0.3 is 19.7 Å². The van der Waals surface area contributed by atoms with Crippen LogP contribution in [0.3, 0.4) is 0 Å². The Morgan fingerprint density at radius 3 is 2.61 bits per heavy atom. The number of rotatable bonds is 5. The van der Waals surface area contributed by atoms with E-state index in [1.54, 1.807) is 21.8 Å². The lowest BCUT2D eigenvalue weighted by Gasteiger charge is -2.60. The van der Waals surface area contributed by atoms with Crippen molar-refractivity contribution in [1.82, 2.24) is 24.0 Å². The molecule has 2 aliphatic rings. The van der Waals surface area contributed by atoms with Crippen LogP contribution in [0.2, 0.25) is 0 Å². The number of halogens is 3. The van der Waals surface area contributed by atoms with E-state index in [0.717, 1.165) is 30.6 Å². The predicted octanol–water partition coefficient (Wildman–Crippen LogP) is 4.49. The van der Waals surface area contributed by atoms with Crippen LogP contribution in [0.1, 0.15) is 42.6 Å². The van der Waals surface area contributed by atoms with E-state index in [2.05, 4.69) is 10.4 Å². The number of imidazole rings is 1. The summed E-state index contributed by atoms with van der Waals surface area (Å²) < 4.78 is 42.7. The molecule has 192 valence electrons. The van der Waals surface area contributed by atoms with E-state index in [-0.39, 0.29) is 29.0 Å². The van der Waals surface area contributed by atoms with Crippen LogP contribution in [0.25, 0.3) is 5.65 Å². The van der Waals surface area contributed by atoms with E-state index in [1.165, 1.54) is 12.1 Å². The lowest BCUT2D eigenvalue weighted by molar-refractivity contribution is -0.137. The van der Waals surface area contributed by atoms with Crippen molar-refractivity contribution in [2.24, 2.45) is 18.4 Å².